The summed E-state index contributed by atoms with van der Waals surface area (Å²) in [7, 11) is 1.72. The first kappa shape index (κ1) is 14.9. The topological polar surface area (TPSA) is 73.6 Å². The molecule has 0 spiro atoms. The van der Waals surface area contributed by atoms with Gasteiger partial charge in [-0.25, -0.2) is 4.79 Å². The summed E-state index contributed by atoms with van der Waals surface area (Å²) in [6.07, 6.45) is 0.824. The lowest BCUT2D eigenvalue weighted by molar-refractivity contribution is 0.0689. The van der Waals surface area contributed by atoms with E-state index in [1.807, 2.05) is 13.0 Å². The molecule has 3 rings (SSSR count). The van der Waals surface area contributed by atoms with Crippen molar-refractivity contribution in [2.24, 2.45) is 7.05 Å². The fourth-order valence-corrected chi connectivity index (χ4v) is 3.03. The molecule has 0 bridgehead atoms. The van der Waals surface area contributed by atoms with Crippen LogP contribution < -0.4 is 9.47 Å². The van der Waals surface area contributed by atoms with E-state index in [0.29, 0.717) is 30.4 Å². The van der Waals surface area contributed by atoms with Gasteiger partial charge in [-0.1, -0.05) is 0 Å². The molecule has 0 aliphatic carbocycles. The Morgan fingerprint density at radius 3 is 2.64 bits per heavy atom. The number of fused-ring (bicyclic) bond motifs is 1. The number of hydrogen-bond acceptors (Lipinski definition) is 4. The third-order valence-electron chi connectivity index (χ3n) is 3.60. The second-order valence-corrected chi connectivity index (χ2v) is 5.94. The van der Waals surface area contributed by atoms with Crippen LogP contribution in [0.2, 0.25) is 0 Å². The van der Waals surface area contributed by atoms with Crippen molar-refractivity contribution in [1.82, 2.24) is 9.78 Å². The van der Waals surface area contributed by atoms with E-state index in [-0.39, 0.29) is 5.69 Å². The highest BCUT2D eigenvalue weighted by atomic mass is 79.9. The van der Waals surface area contributed by atoms with Crippen LogP contribution in [0.5, 0.6) is 11.5 Å². The Morgan fingerprint density at radius 1 is 1.32 bits per heavy atom. The SMILES string of the molecule is Cc1c(-c2cc(C(=O)O)nn2C)cc(Br)c2c1OCCCO2. The van der Waals surface area contributed by atoms with Gasteiger partial charge in [0.15, 0.2) is 17.2 Å². The van der Waals surface area contributed by atoms with Crippen LogP contribution in [0.1, 0.15) is 22.5 Å². The standard InChI is InChI=1S/C15H15BrN2O4/c1-8-9(12-7-11(15(19)20)17-18(12)2)6-10(16)14-13(8)21-4-3-5-22-14/h6-7H,3-5H2,1-2H3,(H,19,20). The third kappa shape index (κ3) is 2.45. The van der Waals surface area contributed by atoms with Gasteiger partial charge in [0.1, 0.15) is 0 Å². The Morgan fingerprint density at radius 2 is 2.00 bits per heavy atom. The molecule has 0 unspecified atom stereocenters. The van der Waals surface area contributed by atoms with Gasteiger partial charge in [-0.3, -0.25) is 4.68 Å². The van der Waals surface area contributed by atoms with Crippen LogP contribution in [-0.4, -0.2) is 34.1 Å². The van der Waals surface area contributed by atoms with Crippen molar-refractivity contribution in [3.05, 3.63) is 27.9 Å². The molecule has 1 aliphatic rings. The molecule has 0 saturated carbocycles. The summed E-state index contributed by atoms with van der Waals surface area (Å²) in [4.78, 5) is 11.1. The monoisotopic (exact) mass is 366 g/mol. The second kappa shape index (κ2) is 5.64. The van der Waals surface area contributed by atoms with Crippen molar-refractivity contribution in [3.8, 4) is 22.8 Å². The number of aromatic carboxylic acids is 1. The van der Waals surface area contributed by atoms with Crippen LogP contribution in [0.3, 0.4) is 0 Å². The van der Waals surface area contributed by atoms with E-state index >= 15 is 0 Å². The molecule has 22 heavy (non-hydrogen) atoms. The molecule has 0 atom stereocenters. The smallest absolute Gasteiger partial charge is 0.356 e. The third-order valence-corrected chi connectivity index (χ3v) is 4.18. The van der Waals surface area contributed by atoms with E-state index in [0.717, 1.165) is 22.0 Å². The average Bonchev–Trinajstić information content (AvgIpc) is 2.71. The zero-order chi connectivity index (χ0) is 15.9. The van der Waals surface area contributed by atoms with Gasteiger partial charge in [-0.05, 0) is 35.0 Å². The molecule has 0 amide bonds. The van der Waals surface area contributed by atoms with Gasteiger partial charge in [-0.2, -0.15) is 5.10 Å². The fourth-order valence-electron chi connectivity index (χ4n) is 2.51. The molecule has 6 nitrogen and oxygen atoms in total. The number of carboxylic acids is 1. The van der Waals surface area contributed by atoms with E-state index in [1.165, 1.54) is 0 Å². The number of ether oxygens (including phenoxy) is 2. The zero-order valence-electron chi connectivity index (χ0n) is 12.2. The van der Waals surface area contributed by atoms with Gasteiger partial charge in [-0.15, -0.1) is 0 Å². The predicted octanol–water partition coefficient (Wildman–Crippen LogP) is 3.02. The number of rotatable bonds is 2. The molecule has 7 heteroatoms. The maximum atomic E-state index is 11.1. The first-order valence-electron chi connectivity index (χ1n) is 6.85. The minimum absolute atomic E-state index is 0.0140. The van der Waals surface area contributed by atoms with Crippen molar-refractivity contribution < 1.29 is 19.4 Å². The zero-order valence-corrected chi connectivity index (χ0v) is 13.8. The van der Waals surface area contributed by atoms with E-state index in [9.17, 15) is 4.79 Å². The van der Waals surface area contributed by atoms with Gasteiger partial charge < -0.3 is 14.6 Å². The Hall–Kier alpha value is -2.02. The highest BCUT2D eigenvalue weighted by molar-refractivity contribution is 9.10. The number of hydrogen-bond donors (Lipinski definition) is 1. The van der Waals surface area contributed by atoms with E-state index < -0.39 is 5.97 Å². The molecule has 0 fully saturated rings. The Bertz CT molecular complexity index is 754. The van der Waals surface area contributed by atoms with Crippen molar-refractivity contribution in [3.63, 3.8) is 0 Å². The number of halogens is 1. The van der Waals surface area contributed by atoms with Crippen molar-refractivity contribution in [2.45, 2.75) is 13.3 Å². The minimum Gasteiger partial charge on any atom is -0.489 e. The largest absolute Gasteiger partial charge is 0.489 e. The predicted molar refractivity (Wildman–Crippen MR) is 83.6 cm³/mol. The second-order valence-electron chi connectivity index (χ2n) is 5.08. The van der Waals surface area contributed by atoms with Crippen molar-refractivity contribution in [2.75, 3.05) is 13.2 Å². The van der Waals surface area contributed by atoms with Crippen LogP contribution in [0.4, 0.5) is 0 Å². The number of benzene rings is 1. The Balaban J connectivity index is 2.18. The Kier molecular flexibility index (Phi) is 3.82. The normalized spacial score (nSPS) is 13.8. The van der Waals surface area contributed by atoms with Crippen LogP contribution in [-0.2, 0) is 7.05 Å². The number of aromatic nitrogens is 2. The lowest BCUT2D eigenvalue weighted by Gasteiger charge is -2.16. The van der Waals surface area contributed by atoms with Gasteiger partial charge in [0, 0.05) is 24.6 Å². The van der Waals surface area contributed by atoms with E-state index in [4.69, 9.17) is 14.6 Å². The highest BCUT2D eigenvalue weighted by Crippen LogP contribution is 2.44. The molecule has 1 aromatic carbocycles. The molecular formula is C15H15BrN2O4. The maximum Gasteiger partial charge on any atom is 0.356 e. The van der Waals surface area contributed by atoms with Gasteiger partial charge in [0.05, 0.1) is 23.4 Å². The van der Waals surface area contributed by atoms with Gasteiger partial charge in [0.2, 0.25) is 0 Å². The first-order chi connectivity index (χ1) is 10.5. The average molecular weight is 367 g/mol. The van der Waals surface area contributed by atoms with Crippen molar-refractivity contribution >= 4 is 21.9 Å². The number of carboxylic acid groups (broad SMARTS) is 1. The Labute approximate surface area is 135 Å². The lowest BCUT2D eigenvalue weighted by Crippen LogP contribution is -2.01. The molecule has 2 aromatic rings. The number of aryl methyl sites for hydroxylation is 1. The van der Waals surface area contributed by atoms with E-state index in [2.05, 4.69) is 21.0 Å². The number of carbonyl (C=O) groups is 1. The summed E-state index contributed by atoms with van der Waals surface area (Å²) >= 11 is 3.51. The number of nitrogens with zero attached hydrogens (tertiary/aromatic N) is 2. The summed E-state index contributed by atoms with van der Waals surface area (Å²) in [5, 5.41) is 13.1. The molecule has 2 heterocycles. The minimum atomic E-state index is -1.05. The molecule has 0 saturated heterocycles. The van der Waals surface area contributed by atoms with Gasteiger partial charge >= 0.3 is 5.97 Å². The van der Waals surface area contributed by atoms with Crippen LogP contribution >= 0.6 is 15.9 Å². The molecule has 1 N–H and O–H groups in total. The lowest BCUT2D eigenvalue weighted by atomic mass is 10.0. The summed E-state index contributed by atoms with van der Waals surface area (Å²) in [6.45, 7) is 3.14. The summed E-state index contributed by atoms with van der Waals surface area (Å²) in [5.41, 5.74) is 2.49. The summed E-state index contributed by atoms with van der Waals surface area (Å²) < 4.78 is 13.9. The molecule has 116 valence electrons. The molecular weight excluding hydrogens is 352 g/mol. The molecule has 1 aliphatic heterocycles. The maximum absolute atomic E-state index is 11.1. The van der Waals surface area contributed by atoms with Gasteiger partial charge in [0.25, 0.3) is 0 Å². The highest BCUT2D eigenvalue weighted by Gasteiger charge is 2.22. The van der Waals surface area contributed by atoms with Crippen LogP contribution in [0, 0.1) is 6.92 Å². The summed E-state index contributed by atoms with van der Waals surface area (Å²) in [5.74, 6) is 0.340. The van der Waals surface area contributed by atoms with Crippen LogP contribution in [0.15, 0.2) is 16.6 Å². The molecule has 0 radical (unpaired) electrons. The van der Waals surface area contributed by atoms with Crippen LogP contribution in [0.25, 0.3) is 11.3 Å². The quantitative estimate of drug-likeness (QED) is 0.883. The van der Waals surface area contributed by atoms with Crippen molar-refractivity contribution in [1.29, 1.82) is 0 Å². The van der Waals surface area contributed by atoms with E-state index in [1.54, 1.807) is 17.8 Å². The molecule has 1 aromatic heterocycles. The first-order valence-corrected chi connectivity index (χ1v) is 7.64. The summed E-state index contributed by atoms with van der Waals surface area (Å²) in [6, 6.07) is 3.46. The fraction of sp³-hybridized carbons (Fsp3) is 0.333.